The Morgan fingerprint density at radius 2 is 2.00 bits per heavy atom. The van der Waals surface area contributed by atoms with Crippen LogP contribution in [0, 0.1) is 6.92 Å². The molecule has 1 fully saturated rings. The van der Waals surface area contributed by atoms with Crippen molar-refractivity contribution >= 4 is 17.7 Å². The van der Waals surface area contributed by atoms with Crippen molar-refractivity contribution in [2.45, 2.75) is 13.3 Å². The molecule has 0 radical (unpaired) electrons. The number of carbonyl (C=O) groups is 1. The lowest BCUT2D eigenvalue weighted by Gasteiger charge is -2.26. The van der Waals surface area contributed by atoms with Crippen molar-refractivity contribution in [1.29, 1.82) is 0 Å². The molecular weight excluding hydrogens is 284 g/mol. The van der Waals surface area contributed by atoms with E-state index in [1.807, 2.05) is 53.9 Å². The van der Waals surface area contributed by atoms with Crippen LogP contribution < -0.4 is 0 Å². The van der Waals surface area contributed by atoms with Gasteiger partial charge in [0.25, 0.3) is 0 Å². The number of rotatable bonds is 3. The Bertz CT molecular complexity index is 618. The molecule has 0 bridgehead atoms. The van der Waals surface area contributed by atoms with Crippen LogP contribution in [0.4, 0.5) is 0 Å². The van der Waals surface area contributed by atoms with Crippen molar-refractivity contribution in [3.8, 4) is 11.5 Å². The zero-order valence-corrected chi connectivity index (χ0v) is 12.9. The van der Waals surface area contributed by atoms with E-state index in [0.717, 1.165) is 41.6 Å². The molecule has 0 atom stereocenters. The first-order valence-corrected chi connectivity index (χ1v) is 8.27. The summed E-state index contributed by atoms with van der Waals surface area (Å²) in [6, 6.07) is 9.77. The summed E-state index contributed by atoms with van der Waals surface area (Å²) in [6.07, 6.45) is 0.326. The van der Waals surface area contributed by atoms with Gasteiger partial charge < -0.3 is 9.32 Å². The summed E-state index contributed by atoms with van der Waals surface area (Å²) in [5.41, 5.74) is 1.69. The predicted molar refractivity (Wildman–Crippen MR) is 84.3 cm³/mol. The lowest BCUT2D eigenvalue weighted by Crippen LogP contribution is -2.38. The third kappa shape index (κ3) is 3.29. The molecule has 3 rings (SSSR count). The van der Waals surface area contributed by atoms with Crippen molar-refractivity contribution in [2.24, 2.45) is 0 Å². The quantitative estimate of drug-likeness (QED) is 0.874. The molecule has 1 aliphatic heterocycles. The molecule has 0 saturated carbocycles. The smallest absolute Gasteiger partial charge is 0.228 e. The second kappa shape index (κ2) is 6.35. The summed E-state index contributed by atoms with van der Waals surface area (Å²) in [5, 5.41) is 0. The monoisotopic (exact) mass is 302 g/mol. The maximum atomic E-state index is 12.3. The highest BCUT2D eigenvalue weighted by atomic mass is 32.2. The van der Waals surface area contributed by atoms with Gasteiger partial charge in [0, 0.05) is 30.2 Å². The van der Waals surface area contributed by atoms with E-state index in [1.165, 1.54) is 0 Å². The minimum atomic E-state index is 0.145. The van der Waals surface area contributed by atoms with Crippen molar-refractivity contribution in [1.82, 2.24) is 9.88 Å². The highest BCUT2D eigenvalue weighted by molar-refractivity contribution is 7.99. The number of hydrogen-bond acceptors (Lipinski definition) is 4. The number of nitrogens with zero attached hydrogens (tertiary/aromatic N) is 2. The fourth-order valence-corrected chi connectivity index (χ4v) is 3.27. The van der Waals surface area contributed by atoms with Crippen molar-refractivity contribution in [3.05, 3.63) is 41.8 Å². The molecule has 0 aliphatic carbocycles. The van der Waals surface area contributed by atoms with E-state index < -0.39 is 0 Å². The topological polar surface area (TPSA) is 46.3 Å². The first-order valence-electron chi connectivity index (χ1n) is 7.11. The Morgan fingerprint density at radius 3 is 2.71 bits per heavy atom. The molecule has 1 aliphatic rings. The van der Waals surface area contributed by atoms with E-state index in [1.54, 1.807) is 0 Å². The number of aryl methyl sites for hydroxylation is 1. The number of benzene rings is 1. The molecule has 5 heteroatoms. The highest BCUT2D eigenvalue weighted by Crippen LogP contribution is 2.22. The van der Waals surface area contributed by atoms with Crippen LogP contribution in [-0.4, -0.2) is 40.4 Å². The second-order valence-electron chi connectivity index (χ2n) is 5.06. The van der Waals surface area contributed by atoms with E-state index in [9.17, 15) is 4.79 Å². The van der Waals surface area contributed by atoms with E-state index >= 15 is 0 Å². The average Bonchev–Trinajstić information content (AvgIpc) is 2.90. The van der Waals surface area contributed by atoms with Crippen molar-refractivity contribution in [2.75, 3.05) is 24.6 Å². The molecule has 1 amide bonds. The molecule has 110 valence electrons. The van der Waals surface area contributed by atoms with Gasteiger partial charge in [0.15, 0.2) is 0 Å². The Kier molecular flexibility index (Phi) is 4.29. The van der Waals surface area contributed by atoms with Gasteiger partial charge in [-0.05, 0) is 19.1 Å². The molecular formula is C16H18N2O2S. The molecule has 2 heterocycles. The van der Waals surface area contributed by atoms with Crippen LogP contribution in [0.2, 0.25) is 0 Å². The molecule has 0 unspecified atom stereocenters. The van der Waals surface area contributed by atoms with E-state index in [-0.39, 0.29) is 5.91 Å². The van der Waals surface area contributed by atoms with Gasteiger partial charge in [-0.15, -0.1) is 0 Å². The number of aromatic nitrogens is 1. The van der Waals surface area contributed by atoms with Crippen LogP contribution in [0.3, 0.4) is 0 Å². The van der Waals surface area contributed by atoms with Crippen LogP contribution in [0.25, 0.3) is 11.5 Å². The van der Waals surface area contributed by atoms with E-state index in [4.69, 9.17) is 4.42 Å². The fraction of sp³-hybridized carbons (Fsp3) is 0.375. The Labute approximate surface area is 128 Å². The second-order valence-corrected chi connectivity index (χ2v) is 6.28. The molecule has 2 aromatic rings. The van der Waals surface area contributed by atoms with Crippen LogP contribution in [-0.2, 0) is 11.2 Å². The molecule has 1 saturated heterocycles. The minimum Gasteiger partial charge on any atom is -0.441 e. The summed E-state index contributed by atoms with van der Waals surface area (Å²) in [4.78, 5) is 18.7. The molecule has 4 nitrogen and oxygen atoms in total. The molecule has 1 aromatic heterocycles. The lowest BCUT2D eigenvalue weighted by molar-refractivity contribution is -0.130. The normalized spacial score (nSPS) is 15.2. The summed E-state index contributed by atoms with van der Waals surface area (Å²) in [5.74, 6) is 3.52. The van der Waals surface area contributed by atoms with E-state index in [0.29, 0.717) is 12.3 Å². The third-order valence-electron chi connectivity index (χ3n) is 3.60. The van der Waals surface area contributed by atoms with Crippen LogP contribution in [0.15, 0.2) is 34.7 Å². The first-order chi connectivity index (χ1) is 10.2. The largest absolute Gasteiger partial charge is 0.441 e. The Morgan fingerprint density at radius 1 is 1.29 bits per heavy atom. The van der Waals surface area contributed by atoms with E-state index in [2.05, 4.69) is 4.98 Å². The average molecular weight is 302 g/mol. The zero-order valence-electron chi connectivity index (χ0n) is 12.0. The molecule has 1 aromatic carbocycles. The van der Waals surface area contributed by atoms with Crippen molar-refractivity contribution in [3.63, 3.8) is 0 Å². The van der Waals surface area contributed by atoms with Crippen LogP contribution >= 0.6 is 11.8 Å². The van der Waals surface area contributed by atoms with Gasteiger partial charge in [0.1, 0.15) is 5.76 Å². The standard InChI is InChI=1S/C16H18N2O2S/c1-12-14(11-15(19)18-7-9-21-10-8-18)17-16(20-12)13-5-3-2-4-6-13/h2-6H,7-11H2,1H3. The van der Waals surface area contributed by atoms with Gasteiger partial charge in [-0.1, -0.05) is 18.2 Å². The third-order valence-corrected chi connectivity index (χ3v) is 4.54. The van der Waals surface area contributed by atoms with Gasteiger partial charge in [0.05, 0.1) is 12.1 Å². The van der Waals surface area contributed by atoms with Crippen LogP contribution in [0.5, 0.6) is 0 Å². The summed E-state index contributed by atoms with van der Waals surface area (Å²) >= 11 is 1.90. The van der Waals surface area contributed by atoms with Crippen molar-refractivity contribution < 1.29 is 9.21 Å². The number of carbonyl (C=O) groups excluding carboxylic acids is 1. The summed E-state index contributed by atoms with van der Waals surface area (Å²) in [7, 11) is 0. The first kappa shape index (κ1) is 14.2. The van der Waals surface area contributed by atoms with Gasteiger partial charge in [0.2, 0.25) is 11.8 Å². The van der Waals surface area contributed by atoms with Gasteiger partial charge in [-0.3, -0.25) is 4.79 Å². The summed E-state index contributed by atoms with van der Waals surface area (Å²) < 4.78 is 5.70. The number of hydrogen-bond donors (Lipinski definition) is 0. The highest BCUT2D eigenvalue weighted by Gasteiger charge is 2.20. The predicted octanol–water partition coefficient (Wildman–Crippen LogP) is 2.77. The Hall–Kier alpha value is -1.75. The summed E-state index contributed by atoms with van der Waals surface area (Å²) in [6.45, 7) is 3.55. The number of thioether (sulfide) groups is 1. The SMILES string of the molecule is Cc1oc(-c2ccccc2)nc1CC(=O)N1CCSCC1. The maximum Gasteiger partial charge on any atom is 0.228 e. The van der Waals surface area contributed by atoms with Gasteiger partial charge >= 0.3 is 0 Å². The fourth-order valence-electron chi connectivity index (χ4n) is 2.36. The number of oxazole rings is 1. The molecule has 0 N–H and O–H groups in total. The van der Waals surface area contributed by atoms with Gasteiger partial charge in [-0.25, -0.2) is 4.98 Å². The maximum absolute atomic E-state index is 12.3. The lowest BCUT2D eigenvalue weighted by atomic mass is 10.2. The Balaban J connectivity index is 1.74. The molecule has 0 spiro atoms. The van der Waals surface area contributed by atoms with Gasteiger partial charge in [-0.2, -0.15) is 11.8 Å². The minimum absolute atomic E-state index is 0.145. The zero-order chi connectivity index (χ0) is 14.7. The van der Waals surface area contributed by atoms with Crippen LogP contribution in [0.1, 0.15) is 11.5 Å². The number of amides is 1. The molecule has 21 heavy (non-hydrogen) atoms.